The Kier molecular flexibility index (Phi) is 12.1. The first-order valence-corrected chi connectivity index (χ1v) is 14.1. The summed E-state index contributed by atoms with van der Waals surface area (Å²) in [6.07, 6.45) is 3.48. The van der Waals surface area contributed by atoms with Gasteiger partial charge in [0.1, 0.15) is 22.7 Å². The van der Waals surface area contributed by atoms with Gasteiger partial charge < -0.3 is 31.1 Å². The number of para-hydroxylation sites is 2. The van der Waals surface area contributed by atoms with E-state index in [0.29, 0.717) is 11.4 Å². The smallest absolute Gasteiger partial charge is 0.315 e. The molecule has 14 heteroatoms. The number of anilines is 4. The summed E-state index contributed by atoms with van der Waals surface area (Å²) in [5, 5.41) is 35.7. The molecule has 0 fully saturated rings. The summed E-state index contributed by atoms with van der Waals surface area (Å²) in [5.41, 5.74) is -0.00295. The van der Waals surface area contributed by atoms with E-state index in [1.54, 1.807) is 62.6 Å². The Bertz CT molecular complexity index is 1280. The number of carbonyl (C=O) groups excluding carboxylic acids is 2. The summed E-state index contributed by atoms with van der Waals surface area (Å²) in [7, 11) is 3.24. The predicted molar refractivity (Wildman–Crippen MR) is 175 cm³/mol. The molecule has 2 aromatic rings. The number of likely N-dealkylation sites (N-methyl/N-ethyl adjacent to an activating group) is 2. The fourth-order valence-electron chi connectivity index (χ4n) is 4.37. The molecule has 2 amide bonds. The fraction of sp³-hybridized carbons (Fsp3) is 0.467. The lowest BCUT2D eigenvalue weighted by Crippen LogP contribution is -2.45. The zero-order valence-electron chi connectivity index (χ0n) is 26.7. The van der Waals surface area contributed by atoms with E-state index < -0.39 is 20.9 Å². The molecule has 2 rings (SSSR count). The molecule has 44 heavy (non-hydrogen) atoms. The SMILES string of the molecule is CN(CC(=O)NC(C)(C)C)c1cccc(NC/C=C/CNc2cccc(N(C)CC(=O)NC(C)(C)C)c2[N+](=O)[O-])c1[N+](=O)[O-]. The van der Waals surface area contributed by atoms with Crippen LogP contribution in [-0.2, 0) is 9.59 Å². The van der Waals surface area contributed by atoms with E-state index in [4.69, 9.17) is 0 Å². The van der Waals surface area contributed by atoms with Gasteiger partial charge in [0.05, 0.1) is 22.9 Å². The molecule has 0 saturated carbocycles. The van der Waals surface area contributed by atoms with E-state index in [2.05, 4.69) is 21.3 Å². The number of nitro groups is 2. The van der Waals surface area contributed by atoms with Gasteiger partial charge in [0.2, 0.25) is 11.8 Å². The van der Waals surface area contributed by atoms with Gasteiger partial charge in [-0.15, -0.1) is 0 Å². The van der Waals surface area contributed by atoms with Gasteiger partial charge in [0.15, 0.2) is 0 Å². The molecule has 0 aliphatic carbocycles. The van der Waals surface area contributed by atoms with Gasteiger partial charge in [0.25, 0.3) is 0 Å². The normalized spacial score (nSPS) is 11.5. The highest BCUT2D eigenvalue weighted by Gasteiger charge is 2.25. The van der Waals surface area contributed by atoms with Gasteiger partial charge >= 0.3 is 11.4 Å². The molecule has 240 valence electrons. The van der Waals surface area contributed by atoms with Crippen molar-refractivity contribution in [2.75, 3.05) is 60.7 Å². The molecule has 14 nitrogen and oxygen atoms in total. The summed E-state index contributed by atoms with van der Waals surface area (Å²) in [5.74, 6) is -0.516. The second kappa shape index (κ2) is 15.0. The van der Waals surface area contributed by atoms with Crippen LogP contribution in [0.15, 0.2) is 48.6 Å². The third kappa shape index (κ3) is 11.1. The standard InChI is InChI=1S/C30H44N8O6/c1-29(2,3)33-25(39)19-35(7)23-15-11-13-21(27(23)37(41)42)31-17-9-10-18-32-22-14-12-16-24(28(22)38(43)44)36(8)20-26(40)34-30(4,5)6/h9-16,31-32H,17-20H2,1-8H3,(H,33,39)(H,34,40)/b10-9+. The van der Waals surface area contributed by atoms with Gasteiger partial charge in [-0.3, -0.25) is 29.8 Å². The minimum Gasteiger partial charge on any atom is -0.376 e. The molecule has 2 aromatic carbocycles. The van der Waals surface area contributed by atoms with E-state index in [1.165, 1.54) is 9.80 Å². The zero-order chi connectivity index (χ0) is 33.2. The highest BCUT2D eigenvalue weighted by molar-refractivity contribution is 5.86. The van der Waals surface area contributed by atoms with E-state index in [9.17, 15) is 29.8 Å². The maximum Gasteiger partial charge on any atom is 0.315 e. The lowest BCUT2D eigenvalue weighted by molar-refractivity contribution is -0.383. The lowest BCUT2D eigenvalue weighted by atomic mass is 10.1. The number of benzene rings is 2. The Labute approximate surface area is 258 Å². The van der Waals surface area contributed by atoms with Crippen LogP contribution in [0.4, 0.5) is 34.1 Å². The maximum atomic E-state index is 12.4. The minimum absolute atomic E-state index is 0.0552. The molecule has 0 spiro atoms. The van der Waals surface area contributed by atoms with Crippen LogP contribution in [0.25, 0.3) is 0 Å². The third-order valence-corrected chi connectivity index (χ3v) is 5.99. The number of nitro benzene ring substituents is 2. The van der Waals surface area contributed by atoms with Crippen LogP contribution in [0.2, 0.25) is 0 Å². The molecule has 0 unspecified atom stereocenters. The van der Waals surface area contributed by atoms with Crippen molar-refractivity contribution in [2.45, 2.75) is 52.6 Å². The molecule has 0 bridgehead atoms. The van der Waals surface area contributed by atoms with E-state index in [0.717, 1.165) is 0 Å². The monoisotopic (exact) mass is 612 g/mol. The van der Waals surface area contributed by atoms with Gasteiger partial charge in [-0.25, -0.2) is 0 Å². The van der Waals surface area contributed by atoms with Crippen molar-refractivity contribution in [1.82, 2.24) is 10.6 Å². The predicted octanol–water partition coefficient (Wildman–Crippen LogP) is 4.29. The van der Waals surface area contributed by atoms with Crippen LogP contribution in [0, 0.1) is 20.2 Å². The van der Waals surface area contributed by atoms with Crippen LogP contribution < -0.4 is 31.1 Å². The number of nitrogens with zero attached hydrogens (tertiary/aromatic N) is 4. The van der Waals surface area contributed by atoms with Crippen LogP contribution in [0.1, 0.15) is 41.5 Å². The summed E-state index contributed by atoms with van der Waals surface area (Å²) in [6, 6.07) is 9.69. The molecule has 0 heterocycles. The Morgan fingerprint density at radius 1 is 0.705 bits per heavy atom. The van der Waals surface area contributed by atoms with Crippen LogP contribution in [-0.4, -0.2) is 73.0 Å². The molecule has 4 N–H and O–H groups in total. The quantitative estimate of drug-likeness (QED) is 0.137. The second-order valence-electron chi connectivity index (χ2n) is 12.4. The molecular formula is C30H44N8O6. The maximum absolute atomic E-state index is 12.4. The van der Waals surface area contributed by atoms with Crippen molar-refractivity contribution in [1.29, 1.82) is 0 Å². The van der Waals surface area contributed by atoms with E-state index >= 15 is 0 Å². The summed E-state index contributed by atoms with van der Waals surface area (Å²) in [6.45, 7) is 11.5. The highest BCUT2D eigenvalue weighted by Crippen LogP contribution is 2.36. The Hall–Kier alpha value is -4.88. The van der Waals surface area contributed by atoms with Gasteiger partial charge in [-0.2, -0.15) is 0 Å². The minimum atomic E-state index is -0.489. The van der Waals surface area contributed by atoms with Crippen molar-refractivity contribution < 1.29 is 19.4 Å². The third-order valence-electron chi connectivity index (χ3n) is 5.99. The second-order valence-corrected chi connectivity index (χ2v) is 12.4. The number of carbonyl (C=O) groups is 2. The Balaban J connectivity index is 2.07. The molecule has 0 aliphatic heterocycles. The molecule has 0 aromatic heterocycles. The fourth-order valence-corrected chi connectivity index (χ4v) is 4.37. The zero-order valence-corrected chi connectivity index (χ0v) is 26.7. The molecule has 0 radical (unpaired) electrons. The molecule has 0 aliphatic rings. The van der Waals surface area contributed by atoms with Gasteiger partial charge in [-0.05, 0) is 65.8 Å². The number of amides is 2. The number of hydrogen-bond donors (Lipinski definition) is 4. The average Bonchev–Trinajstić information content (AvgIpc) is 2.87. The van der Waals surface area contributed by atoms with Crippen LogP contribution >= 0.6 is 0 Å². The Morgan fingerprint density at radius 2 is 1.05 bits per heavy atom. The first-order chi connectivity index (χ1) is 20.4. The van der Waals surface area contributed by atoms with Crippen LogP contribution in [0.5, 0.6) is 0 Å². The number of hydrogen-bond acceptors (Lipinski definition) is 10. The van der Waals surface area contributed by atoms with Gasteiger partial charge in [-0.1, -0.05) is 24.3 Å². The molecular weight excluding hydrogens is 568 g/mol. The van der Waals surface area contributed by atoms with E-state index in [-0.39, 0.29) is 60.7 Å². The summed E-state index contributed by atoms with van der Waals surface area (Å²) in [4.78, 5) is 50.8. The van der Waals surface area contributed by atoms with Crippen molar-refractivity contribution >= 4 is 45.9 Å². The topological polar surface area (TPSA) is 175 Å². The number of rotatable bonds is 14. The lowest BCUT2D eigenvalue weighted by Gasteiger charge is -2.24. The highest BCUT2D eigenvalue weighted by atomic mass is 16.6. The Morgan fingerprint density at radius 3 is 1.34 bits per heavy atom. The van der Waals surface area contributed by atoms with E-state index in [1.807, 2.05) is 41.5 Å². The number of nitrogens with one attached hydrogen (secondary N) is 4. The van der Waals surface area contributed by atoms with Crippen molar-refractivity contribution in [3.8, 4) is 0 Å². The van der Waals surface area contributed by atoms with Crippen molar-refractivity contribution in [3.05, 3.63) is 68.8 Å². The summed E-state index contributed by atoms with van der Waals surface area (Å²) >= 11 is 0. The molecule has 0 saturated heterocycles. The van der Waals surface area contributed by atoms with Gasteiger partial charge in [0, 0.05) is 38.3 Å². The summed E-state index contributed by atoms with van der Waals surface area (Å²) < 4.78 is 0. The van der Waals surface area contributed by atoms with Crippen molar-refractivity contribution in [2.24, 2.45) is 0 Å². The average molecular weight is 613 g/mol. The van der Waals surface area contributed by atoms with Crippen LogP contribution in [0.3, 0.4) is 0 Å². The van der Waals surface area contributed by atoms with Crippen molar-refractivity contribution in [3.63, 3.8) is 0 Å². The first kappa shape index (κ1) is 35.3. The largest absolute Gasteiger partial charge is 0.376 e. The first-order valence-electron chi connectivity index (χ1n) is 14.1. The molecule has 0 atom stereocenters.